The molecule has 1 saturated carbocycles. The van der Waals surface area contributed by atoms with Gasteiger partial charge in [0, 0.05) is 11.6 Å². The van der Waals surface area contributed by atoms with Gasteiger partial charge in [-0.2, -0.15) is 5.10 Å². The van der Waals surface area contributed by atoms with Gasteiger partial charge in [0.1, 0.15) is 0 Å². The average molecular weight is 174 g/mol. The van der Waals surface area contributed by atoms with Gasteiger partial charge in [-0.15, -0.1) is 0 Å². The van der Waals surface area contributed by atoms with Crippen LogP contribution in [-0.2, 0) is 0 Å². The van der Waals surface area contributed by atoms with Gasteiger partial charge in [-0.05, 0) is 37.7 Å². The first kappa shape index (κ1) is 7.36. The van der Waals surface area contributed by atoms with E-state index < -0.39 is 0 Å². The molecule has 2 aliphatic rings. The number of aromatic amines is 1. The monoisotopic (exact) mass is 174 g/mol. The molecule has 2 heteroatoms. The summed E-state index contributed by atoms with van der Waals surface area (Å²) in [5, 5.41) is 7.39. The lowest BCUT2D eigenvalue weighted by Gasteiger charge is -2.14. The van der Waals surface area contributed by atoms with Crippen molar-refractivity contribution >= 4 is 0 Å². The maximum atomic E-state index is 4.36. The largest absolute Gasteiger partial charge is 0.283 e. The van der Waals surface area contributed by atoms with Crippen molar-refractivity contribution in [3.05, 3.63) is 29.6 Å². The van der Waals surface area contributed by atoms with E-state index in [1.54, 1.807) is 0 Å². The second-order valence-corrected chi connectivity index (χ2v) is 4.36. The van der Waals surface area contributed by atoms with Crippen LogP contribution in [0.5, 0.6) is 0 Å². The number of hydrogen-bond acceptors (Lipinski definition) is 1. The molecule has 2 aliphatic carbocycles. The topological polar surface area (TPSA) is 28.7 Å². The summed E-state index contributed by atoms with van der Waals surface area (Å²) in [5.74, 6) is 2.31. The van der Waals surface area contributed by atoms with Crippen molar-refractivity contribution in [1.29, 1.82) is 0 Å². The Morgan fingerprint density at radius 1 is 1.38 bits per heavy atom. The van der Waals surface area contributed by atoms with Crippen molar-refractivity contribution in [3.8, 4) is 0 Å². The fourth-order valence-corrected chi connectivity index (χ4v) is 2.75. The molecule has 0 amide bonds. The first-order valence-corrected chi connectivity index (χ1v) is 5.03. The summed E-state index contributed by atoms with van der Waals surface area (Å²) in [6, 6.07) is 2.19. The fourth-order valence-electron chi connectivity index (χ4n) is 2.75. The van der Waals surface area contributed by atoms with Crippen molar-refractivity contribution in [2.24, 2.45) is 11.8 Å². The highest BCUT2D eigenvalue weighted by Crippen LogP contribution is 2.48. The van der Waals surface area contributed by atoms with Gasteiger partial charge in [-0.1, -0.05) is 12.2 Å². The van der Waals surface area contributed by atoms with E-state index in [4.69, 9.17) is 0 Å². The number of aryl methyl sites for hydroxylation is 1. The van der Waals surface area contributed by atoms with E-state index in [2.05, 4.69) is 35.3 Å². The Hall–Kier alpha value is -1.05. The third-order valence-electron chi connectivity index (χ3n) is 3.38. The van der Waals surface area contributed by atoms with Gasteiger partial charge in [-0.25, -0.2) is 0 Å². The lowest BCUT2D eigenvalue weighted by atomic mass is 9.90. The highest BCUT2D eigenvalue weighted by molar-refractivity contribution is 5.22. The summed E-state index contributed by atoms with van der Waals surface area (Å²) < 4.78 is 0. The van der Waals surface area contributed by atoms with Gasteiger partial charge in [0.2, 0.25) is 0 Å². The van der Waals surface area contributed by atoms with E-state index in [0.29, 0.717) is 5.92 Å². The van der Waals surface area contributed by atoms with Crippen molar-refractivity contribution in [2.45, 2.75) is 25.7 Å². The number of nitrogens with one attached hydrogen (secondary N) is 1. The molecule has 1 aromatic rings. The molecule has 3 rings (SSSR count). The first-order chi connectivity index (χ1) is 6.33. The minimum Gasteiger partial charge on any atom is -0.283 e. The average Bonchev–Trinajstić information content (AvgIpc) is 2.77. The molecule has 1 N–H and O–H groups in total. The fraction of sp³-hybridized carbons (Fsp3) is 0.545. The van der Waals surface area contributed by atoms with E-state index in [9.17, 15) is 0 Å². The quantitative estimate of drug-likeness (QED) is 0.651. The number of nitrogens with zero attached hydrogens (tertiary/aromatic N) is 1. The van der Waals surface area contributed by atoms with E-state index in [1.807, 2.05) is 0 Å². The Morgan fingerprint density at radius 2 is 2.31 bits per heavy atom. The van der Waals surface area contributed by atoms with Crippen LogP contribution in [0.4, 0.5) is 0 Å². The lowest BCUT2D eigenvalue weighted by Crippen LogP contribution is -2.05. The Labute approximate surface area is 78.0 Å². The van der Waals surface area contributed by atoms with Crippen LogP contribution < -0.4 is 0 Å². The van der Waals surface area contributed by atoms with Gasteiger partial charge < -0.3 is 0 Å². The smallest absolute Gasteiger partial charge is 0.0661 e. The number of fused-ring (bicyclic) bond motifs is 2. The van der Waals surface area contributed by atoms with Crippen molar-refractivity contribution < 1.29 is 0 Å². The number of hydrogen-bond donors (Lipinski definition) is 1. The number of allylic oxidation sites excluding steroid dienone is 2. The predicted octanol–water partition coefficient (Wildman–Crippen LogP) is 2.40. The molecule has 2 bridgehead atoms. The second-order valence-electron chi connectivity index (χ2n) is 4.36. The third kappa shape index (κ3) is 1.05. The summed E-state index contributed by atoms with van der Waals surface area (Å²) in [5.41, 5.74) is 2.45. The molecule has 0 aliphatic heterocycles. The third-order valence-corrected chi connectivity index (χ3v) is 3.38. The SMILES string of the molecule is Cc1cc(C2CC3C=CC2C3)n[nH]1. The summed E-state index contributed by atoms with van der Waals surface area (Å²) in [6.45, 7) is 2.07. The highest BCUT2D eigenvalue weighted by Gasteiger charge is 2.37. The van der Waals surface area contributed by atoms with Crippen LogP contribution in [0.15, 0.2) is 18.2 Å². The maximum absolute atomic E-state index is 4.36. The molecule has 0 saturated heterocycles. The summed E-state index contributed by atoms with van der Waals surface area (Å²) >= 11 is 0. The summed E-state index contributed by atoms with van der Waals surface area (Å²) in [7, 11) is 0. The molecular weight excluding hydrogens is 160 g/mol. The molecule has 1 heterocycles. The standard InChI is InChI=1S/C11H14N2/c1-7-4-11(13-12-7)10-6-8-2-3-9(10)5-8/h2-4,8-10H,5-6H2,1H3,(H,12,13). The Kier molecular flexibility index (Phi) is 1.40. The zero-order valence-electron chi connectivity index (χ0n) is 7.83. The Morgan fingerprint density at radius 3 is 2.85 bits per heavy atom. The van der Waals surface area contributed by atoms with Crippen LogP contribution in [-0.4, -0.2) is 10.2 Å². The number of rotatable bonds is 1. The van der Waals surface area contributed by atoms with Gasteiger partial charge in [0.25, 0.3) is 0 Å². The molecule has 1 aromatic heterocycles. The molecule has 0 spiro atoms. The highest BCUT2D eigenvalue weighted by atomic mass is 15.1. The van der Waals surface area contributed by atoms with Gasteiger partial charge >= 0.3 is 0 Å². The van der Waals surface area contributed by atoms with E-state index >= 15 is 0 Å². The Balaban J connectivity index is 1.91. The molecule has 68 valence electrons. The van der Waals surface area contributed by atoms with Gasteiger partial charge in [-0.3, -0.25) is 5.10 Å². The van der Waals surface area contributed by atoms with Crippen molar-refractivity contribution in [2.75, 3.05) is 0 Å². The molecule has 13 heavy (non-hydrogen) atoms. The molecule has 3 unspecified atom stereocenters. The van der Waals surface area contributed by atoms with E-state index in [0.717, 1.165) is 11.8 Å². The van der Waals surface area contributed by atoms with Crippen molar-refractivity contribution in [3.63, 3.8) is 0 Å². The first-order valence-electron chi connectivity index (χ1n) is 5.03. The molecule has 0 radical (unpaired) electrons. The van der Waals surface area contributed by atoms with Crippen LogP contribution in [0.25, 0.3) is 0 Å². The number of H-pyrrole nitrogens is 1. The molecule has 0 aromatic carbocycles. The lowest BCUT2D eigenvalue weighted by molar-refractivity contribution is 0.568. The van der Waals surface area contributed by atoms with Gasteiger partial charge in [0.15, 0.2) is 0 Å². The zero-order chi connectivity index (χ0) is 8.84. The molecular formula is C11H14N2. The summed E-state index contributed by atoms with van der Waals surface area (Å²) in [6.07, 6.45) is 7.42. The molecule has 2 nitrogen and oxygen atoms in total. The van der Waals surface area contributed by atoms with E-state index in [-0.39, 0.29) is 0 Å². The predicted molar refractivity (Wildman–Crippen MR) is 51.4 cm³/mol. The molecule has 1 fully saturated rings. The minimum atomic E-state index is 0.694. The molecule has 3 atom stereocenters. The second kappa shape index (κ2) is 2.47. The van der Waals surface area contributed by atoms with E-state index in [1.165, 1.54) is 24.2 Å². The van der Waals surface area contributed by atoms with Crippen LogP contribution in [0.2, 0.25) is 0 Å². The van der Waals surface area contributed by atoms with Crippen molar-refractivity contribution in [1.82, 2.24) is 10.2 Å². The van der Waals surface area contributed by atoms with Crippen LogP contribution in [0.1, 0.15) is 30.1 Å². The maximum Gasteiger partial charge on any atom is 0.0661 e. The normalized spacial score (nSPS) is 35.9. The van der Waals surface area contributed by atoms with Gasteiger partial charge in [0.05, 0.1) is 5.69 Å². The minimum absolute atomic E-state index is 0.694. The Bertz CT molecular complexity index is 351. The van der Waals surface area contributed by atoms with Crippen LogP contribution in [0, 0.1) is 18.8 Å². The van der Waals surface area contributed by atoms with Crippen LogP contribution >= 0.6 is 0 Å². The summed E-state index contributed by atoms with van der Waals surface area (Å²) in [4.78, 5) is 0. The van der Waals surface area contributed by atoms with Crippen LogP contribution in [0.3, 0.4) is 0 Å². The zero-order valence-corrected chi connectivity index (χ0v) is 7.83. The number of aromatic nitrogens is 2.